The summed E-state index contributed by atoms with van der Waals surface area (Å²) < 4.78 is 1.54. The summed E-state index contributed by atoms with van der Waals surface area (Å²) in [5.74, 6) is -0.973. The molecule has 0 radical (unpaired) electrons. The standard InChI is InChI=1S/C10H17N5O3S/c1-2-4-12-7(16)3-5-15-9(11)13-14-10(15)19-6-8(17)18/h2-6H2,1H3,(H2,11,13)(H,12,16)(H,17,18). The van der Waals surface area contributed by atoms with Gasteiger partial charge in [-0.2, -0.15) is 0 Å². The Morgan fingerprint density at radius 3 is 2.84 bits per heavy atom. The number of carbonyl (C=O) groups is 2. The van der Waals surface area contributed by atoms with Crippen molar-refractivity contribution in [3.05, 3.63) is 0 Å². The number of carboxylic acids is 1. The van der Waals surface area contributed by atoms with Crippen LogP contribution in [0.3, 0.4) is 0 Å². The second-order valence-corrected chi connectivity index (χ2v) is 4.72. The molecule has 0 saturated carbocycles. The molecule has 0 fully saturated rings. The minimum atomic E-state index is -0.946. The van der Waals surface area contributed by atoms with E-state index in [4.69, 9.17) is 10.8 Å². The number of hydrogen-bond acceptors (Lipinski definition) is 6. The molecule has 1 rings (SSSR count). The highest BCUT2D eigenvalue weighted by Crippen LogP contribution is 2.18. The van der Waals surface area contributed by atoms with E-state index in [1.54, 1.807) is 4.57 Å². The minimum Gasteiger partial charge on any atom is -0.481 e. The molecule has 1 aromatic rings. The van der Waals surface area contributed by atoms with Gasteiger partial charge in [0.2, 0.25) is 11.9 Å². The lowest BCUT2D eigenvalue weighted by molar-refractivity contribution is -0.134. The van der Waals surface area contributed by atoms with Crippen molar-refractivity contribution in [2.75, 3.05) is 18.0 Å². The van der Waals surface area contributed by atoms with E-state index in [0.717, 1.165) is 18.2 Å². The van der Waals surface area contributed by atoms with Crippen molar-refractivity contribution in [2.45, 2.75) is 31.5 Å². The molecule has 9 heteroatoms. The number of thioether (sulfide) groups is 1. The molecule has 1 aromatic heterocycles. The predicted molar refractivity (Wildman–Crippen MR) is 70.7 cm³/mol. The van der Waals surface area contributed by atoms with Crippen LogP contribution in [0.25, 0.3) is 0 Å². The van der Waals surface area contributed by atoms with Crippen molar-refractivity contribution in [2.24, 2.45) is 0 Å². The van der Waals surface area contributed by atoms with Gasteiger partial charge in [0.15, 0.2) is 5.16 Å². The number of hydrogen-bond donors (Lipinski definition) is 3. The van der Waals surface area contributed by atoms with Crippen molar-refractivity contribution in [3.63, 3.8) is 0 Å². The molecule has 0 aromatic carbocycles. The van der Waals surface area contributed by atoms with Crippen LogP contribution in [0, 0.1) is 0 Å². The van der Waals surface area contributed by atoms with Gasteiger partial charge in [-0.25, -0.2) is 0 Å². The van der Waals surface area contributed by atoms with Gasteiger partial charge in [0.05, 0.1) is 5.75 Å². The minimum absolute atomic E-state index is 0.0795. The number of carboxylic acid groups (broad SMARTS) is 1. The third-order valence-electron chi connectivity index (χ3n) is 2.20. The van der Waals surface area contributed by atoms with E-state index in [-0.39, 0.29) is 24.0 Å². The van der Waals surface area contributed by atoms with Crippen LogP contribution in [-0.2, 0) is 16.1 Å². The smallest absolute Gasteiger partial charge is 0.313 e. The van der Waals surface area contributed by atoms with Gasteiger partial charge in [0.25, 0.3) is 0 Å². The average molecular weight is 287 g/mol. The van der Waals surface area contributed by atoms with Crippen LogP contribution >= 0.6 is 11.8 Å². The summed E-state index contributed by atoms with van der Waals surface area (Å²) in [6.45, 7) is 2.94. The lowest BCUT2D eigenvalue weighted by Gasteiger charge is -2.07. The molecule has 0 unspecified atom stereocenters. The predicted octanol–water partition coefficient (Wildman–Crippen LogP) is -0.0467. The Kier molecular flexibility index (Phi) is 6.13. The Morgan fingerprint density at radius 1 is 1.47 bits per heavy atom. The first-order chi connectivity index (χ1) is 9.04. The van der Waals surface area contributed by atoms with E-state index in [1.807, 2.05) is 6.92 Å². The molecule has 8 nitrogen and oxygen atoms in total. The van der Waals surface area contributed by atoms with Crippen molar-refractivity contribution in [1.82, 2.24) is 20.1 Å². The summed E-state index contributed by atoms with van der Waals surface area (Å²) >= 11 is 1.02. The topological polar surface area (TPSA) is 123 Å². The summed E-state index contributed by atoms with van der Waals surface area (Å²) in [7, 11) is 0. The normalized spacial score (nSPS) is 10.4. The Labute approximate surface area is 114 Å². The fourth-order valence-electron chi connectivity index (χ4n) is 1.31. The molecule has 0 aliphatic carbocycles. The molecule has 0 atom stereocenters. The molecule has 0 spiro atoms. The zero-order valence-electron chi connectivity index (χ0n) is 10.6. The molecule has 0 aliphatic heterocycles. The van der Waals surface area contributed by atoms with Crippen molar-refractivity contribution in [3.8, 4) is 0 Å². The summed E-state index contributed by atoms with van der Waals surface area (Å²) in [4.78, 5) is 22.0. The molecule has 1 heterocycles. The van der Waals surface area contributed by atoms with Gasteiger partial charge >= 0.3 is 5.97 Å². The van der Waals surface area contributed by atoms with Gasteiger partial charge in [-0.15, -0.1) is 10.2 Å². The molecular weight excluding hydrogens is 270 g/mol. The summed E-state index contributed by atoms with van der Waals surface area (Å²) in [5.41, 5.74) is 5.63. The number of amides is 1. The number of rotatable bonds is 8. The number of aliphatic carboxylic acids is 1. The molecule has 1 amide bonds. The maximum atomic E-state index is 11.5. The van der Waals surface area contributed by atoms with E-state index in [2.05, 4.69) is 15.5 Å². The quantitative estimate of drug-likeness (QED) is 0.573. The van der Waals surface area contributed by atoms with E-state index in [0.29, 0.717) is 18.2 Å². The number of aromatic nitrogens is 3. The zero-order valence-corrected chi connectivity index (χ0v) is 11.4. The summed E-state index contributed by atoms with van der Waals surface area (Å²) in [6, 6.07) is 0. The Balaban J connectivity index is 2.54. The number of anilines is 1. The lowest BCUT2D eigenvalue weighted by atomic mass is 10.4. The molecule has 4 N–H and O–H groups in total. The monoisotopic (exact) mass is 287 g/mol. The first kappa shape index (κ1) is 15.3. The maximum Gasteiger partial charge on any atom is 0.313 e. The van der Waals surface area contributed by atoms with Crippen LogP contribution in [0.2, 0.25) is 0 Å². The maximum absolute atomic E-state index is 11.5. The third-order valence-corrected chi connectivity index (χ3v) is 3.16. The molecule has 0 saturated heterocycles. The summed E-state index contributed by atoms with van der Waals surface area (Å²) in [6.07, 6.45) is 1.13. The van der Waals surface area contributed by atoms with Crippen LogP contribution in [-0.4, -0.2) is 44.0 Å². The first-order valence-electron chi connectivity index (χ1n) is 5.84. The second-order valence-electron chi connectivity index (χ2n) is 3.77. The Bertz CT molecular complexity index is 448. The number of nitrogens with one attached hydrogen (secondary N) is 1. The number of nitrogens with two attached hydrogens (primary N) is 1. The molecule has 0 aliphatic rings. The van der Waals surface area contributed by atoms with Crippen molar-refractivity contribution in [1.29, 1.82) is 0 Å². The van der Waals surface area contributed by atoms with Gasteiger partial charge in [-0.05, 0) is 6.42 Å². The zero-order chi connectivity index (χ0) is 14.3. The fourth-order valence-corrected chi connectivity index (χ4v) is 2.00. The highest BCUT2D eigenvalue weighted by atomic mass is 32.2. The SMILES string of the molecule is CCCNC(=O)CCn1c(N)nnc1SCC(=O)O. The van der Waals surface area contributed by atoms with Crippen LogP contribution in [0.1, 0.15) is 19.8 Å². The largest absolute Gasteiger partial charge is 0.481 e. The van der Waals surface area contributed by atoms with Gasteiger partial charge in [0.1, 0.15) is 0 Å². The second kappa shape index (κ2) is 7.62. The van der Waals surface area contributed by atoms with E-state index >= 15 is 0 Å². The van der Waals surface area contributed by atoms with Gasteiger partial charge < -0.3 is 16.2 Å². The van der Waals surface area contributed by atoms with Gasteiger partial charge in [-0.3, -0.25) is 14.2 Å². The van der Waals surface area contributed by atoms with E-state index in [1.165, 1.54) is 0 Å². The molecular formula is C10H17N5O3S. The highest BCUT2D eigenvalue weighted by Gasteiger charge is 2.12. The number of nitrogens with zero attached hydrogens (tertiary/aromatic N) is 3. The highest BCUT2D eigenvalue weighted by molar-refractivity contribution is 7.99. The molecule has 19 heavy (non-hydrogen) atoms. The van der Waals surface area contributed by atoms with Crippen LogP contribution in [0.5, 0.6) is 0 Å². The van der Waals surface area contributed by atoms with E-state index in [9.17, 15) is 9.59 Å². The molecule has 106 valence electrons. The van der Waals surface area contributed by atoms with Gasteiger partial charge in [0, 0.05) is 19.5 Å². The third kappa shape index (κ3) is 5.16. The first-order valence-corrected chi connectivity index (χ1v) is 6.83. The summed E-state index contributed by atoms with van der Waals surface area (Å²) in [5, 5.41) is 19.2. The van der Waals surface area contributed by atoms with E-state index < -0.39 is 5.97 Å². The Hall–Kier alpha value is -1.77. The fraction of sp³-hybridized carbons (Fsp3) is 0.600. The number of nitrogen functional groups attached to an aromatic ring is 1. The Morgan fingerprint density at radius 2 is 2.21 bits per heavy atom. The van der Waals surface area contributed by atoms with Crippen molar-refractivity contribution >= 4 is 29.6 Å². The average Bonchev–Trinajstić information content (AvgIpc) is 2.72. The van der Waals surface area contributed by atoms with Crippen LogP contribution in [0.4, 0.5) is 5.95 Å². The van der Waals surface area contributed by atoms with Crippen LogP contribution in [0.15, 0.2) is 5.16 Å². The lowest BCUT2D eigenvalue weighted by Crippen LogP contribution is -2.25. The molecule has 0 bridgehead atoms. The van der Waals surface area contributed by atoms with Gasteiger partial charge in [-0.1, -0.05) is 18.7 Å². The van der Waals surface area contributed by atoms with Crippen molar-refractivity contribution < 1.29 is 14.7 Å². The van der Waals surface area contributed by atoms with Crippen LogP contribution < -0.4 is 11.1 Å². The number of carbonyl (C=O) groups excluding carboxylic acids is 1.